The molecule has 1 aromatic rings. The summed E-state index contributed by atoms with van der Waals surface area (Å²) in [6.45, 7) is 2.38. The average Bonchev–Trinajstić information content (AvgIpc) is 3.02. The molecule has 0 bridgehead atoms. The van der Waals surface area contributed by atoms with E-state index in [4.69, 9.17) is 4.74 Å². The molecule has 27 heavy (non-hydrogen) atoms. The van der Waals surface area contributed by atoms with Gasteiger partial charge in [0.25, 0.3) is 5.69 Å². The molecule has 0 saturated carbocycles. The van der Waals surface area contributed by atoms with Gasteiger partial charge in [-0.25, -0.2) is 0 Å². The average molecular weight is 368 g/mol. The van der Waals surface area contributed by atoms with Crippen LogP contribution in [0.3, 0.4) is 0 Å². The molecular weight excluding hydrogens is 348 g/mol. The molecule has 2 aliphatic rings. The van der Waals surface area contributed by atoms with Gasteiger partial charge in [0, 0.05) is 31.1 Å². The fraction of sp³-hybridized carbons (Fsp3) is 0.400. The molecule has 3 rings (SSSR count). The molecule has 1 aromatic carbocycles. The number of para-hydroxylation sites is 1. The molecule has 1 fully saturated rings. The minimum atomic E-state index is -0.921. The molecule has 140 valence electrons. The van der Waals surface area contributed by atoms with Crippen molar-refractivity contribution in [3.05, 3.63) is 52.1 Å². The van der Waals surface area contributed by atoms with Crippen LogP contribution in [0.25, 0.3) is 0 Å². The topological polar surface area (TPSA) is 89.8 Å². The van der Waals surface area contributed by atoms with Crippen molar-refractivity contribution in [1.82, 2.24) is 4.90 Å². The maximum absolute atomic E-state index is 12.9. The van der Waals surface area contributed by atoms with E-state index in [1.165, 1.54) is 13.0 Å². The molecule has 1 saturated heterocycles. The molecule has 7 heteroatoms. The summed E-state index contributed by atoms with van der Waals surface area (Å²) < 4.78 is 4.79. The number of allylic oxidation sites excluding steroid dienone is 1. The highest BCUT2D eigenvalue weighted by Gasteiger charge is 2.55. The SMILES string of the molecule is CC(=O)OCC#CCN1CC[C@@]2(c3ccccc3[N+](=O)[O-])C(=O)C=CC[C@@H]12. The van der Waals surface area contributed by atoms with Crippen molar-refractivity contribution < 1.29 is 19.2 Å². The Balaban J connectivity index is 1.90. The number of hydrogen-bond acceptors (Lipinski definition) is 6. The van der Waals surface area contributed by atoms with Crippen molar-refractivity contribution in [2.45, 2.75) is 31.2 Å². The van der Waals surface area contributed by atoms with E-state index in [1.807, 2.05) is 6.08 Å². The van der Waals surface area contributed by atoms with Crippen molar-refractivity contribution in [2.24, 2.45) is 0 Å². The Hall–Kier alpha value is -2.98. The summed E-state index contributed by atoms with van der Waals surface area (Å²) in [5.74, 6) is 5.27. The van der Waals surface area contributed by atoms with E-state index in [-0.39, 0.29) is 30.1 Å². The van der Waals surface area contributed by atoms with Crippen molar-refractivity contribution >= 4 is 17.4 Å². The third-order valence-corrected chi connectivity index (χ3v) is 5.21. The Bertz CT molecular complexity index is 867. The molecule has 0 spiro atoms. The molecule has 0 N–H and O–H groups in total. The lowest BCUT2D eigenvalue weighted by atomic mass is 9.67. The molecular formula is C20H20N2O5. The van der Waals surface area contributed by atoms with E-state index in [1.54, 1.807) is 24.3 Å². The second kappa shape index (κ2) is 7.72. The third-order valence-electron chi connectivity index (χ3n) is 5.21. The second-order valence-electron chi connectivity index (χ2n) is 6.62. The molecule has 1 aliphatic heterocycles. The Morgan fingerprint density at radius 3 is 2.93 bits per heavy atom. The molecule has 0 aromatic heterocycles. The summed E-state index contributed by atoms with van der Waals surface area (Å²) in [6, 6.07) is 6.32. The summed E-state index contributed by atoms with van der Waals surface area (Å²) in [4.78, 5) is 36.9. The quantitative estimate of drug-likeness (QED) is 0.349. The van der Waals surface area contributed by atoms with Crippen LogP contribution < -0.4 is 0 Å². The molecule has 0 radical (unpaired) electrons. The number of nitrogens with zero attached hydrogens (tertiary/aromatic N) is 2. The first-order chi connectivity index (χ1) is 13.0. The summed E-state index contributed by atoms with van der Waals surface area (Å²) >= 11 is 0. The molecule has 1 aliphatic carbocycles. The molecule has 2 atom stereocenters. The van der Waals surface area contributed by atoms with Crippen LogP contribution in [0.2, 0.25) is 0 Å². The lowest BCUT2D eigenvalue weighted by Gasteiger charge is -2.37. The number of nitro benzene ring substituents is 1. The summed E-state index contributed by atoms with van der Waals surface area (Å²) in [5, 5.41) is 11.5. The number of likely N-dealkylation sites (tertiary alicyclic amines) is 1. The van der Waals surface area contributed by atoms with Gasteiger partial charge in [-0.1, -0.05) is 36.1 Å². The number of carbonyl (C=O) groups is 2. The van der Waals surface area contributed by atoms with Gasteiger partial charge in [0.05, 0.1) is 16.9 Å². The van der Waals surface area contributed by atoms with Crippen molar-refractivity contribution in [1.29, 1.82) is 0 Å². The third kappa shape index (κ3) is 3.49. The highest BCUT2D eigenvalue weighted by molar-refractivity contribution is 6.01. The lowest BCUT2D eigenvalue weighted by molar-refractivity contribution is -0.386. The van der Waals surface area contributed by atoms with Gasteiger partial charge in [-0.2, -0.15) is 0 Å². The van der Waals surface area contributed by atoms with Gasteiger partial charge in [0.1, 0.15) is 0 Å². The minimum absolute atomic E-state index is 0.0195. The van der Waals surface area contributed by atoms with Crippen molar-refractivity contribution in [2.75, 3.05) is 19.7 Å². The Morgan fingerprint density at radius 1 is 1.41 bits per heavy atom. The van der Waals surface area contributed by atoms with Crippen LogP contribution in [-0.4, -0.2) is 47.3 Å². The first-order valence-corrected chi connectivity index (χ1v) is 8.75. The van der Waals surface area contributed by atoms with Crippen molar-refractivity contribution in [3.63, 3.8) is 0 Å². The van der Waals surface area contributed by atoms with E-state index in [2.05, 4.69) is 16.7 Å². The highest BCUT2D eigenvalue weighted by Crippen LogP contribution is 2.47. The number of nitro groups is 1. The van der Waals surface area contributed by atoms with Gasteiger partial charge in [-0.05, 0) is 18.9 Å². The number of ketones is 1. The van der Waals surface area contributed by atoms with E-state index in [9.17, 15) is 19.7 Å². The Labute approximate surface area is 157 Å². The van der Waals surface area contributed by atoms with Gasteiger partial charge >= 0.3 is 5.97 Å². The van der Waals surface area contributed by atoms with Crippen LogP contribution in [0.5, 0.6) is 0 Å². The van der Waals surface area contributed by atoms with Crippen LogP contribution in [-0.2, 0) is 19.7 Å². The summed E-state index contributed by atoms with van der Waals surface area (Å²) in [5.41, 5.74) is -0.464. The number of benzene rings is 1. The summed E-state index contributed by atoms with van der Waals surface area (Å²) in [7, 11) is 0. The minimum Gasteiger partial charge on any atom is -0.453 e. The van der Waals surface area contributed by atoms with E-state index in [0.29, 0.717) is 31.5 Å². The normalized spacial score (nSPS) is 24.0. The Kier molecular flexibility index (Phi) is 5.38. The van der Waals surface area contributed by atoms with E-state index < -0.39 is 10.3 Å². The van der Waals surface area contributed by atoms with E-state index >= 15 is 0 Å². The fourth-order valence-corrected chi connectivity index (χ4v) is 4.04. The molecule has 7 nitrogen and oxygen atoms in total. The largest absolute Gasteiger partial charge is 0.453 e. The van der Waals surface area contributed by atoms with Gasteiger partial charge in [-0.3, -0.25) is 24.6 Å². The summed E-state index contributed by atoms with van der Waals surface area (Å²) in [6.07, 6.45) is 4.51. The van der Waals surface area contributed by atoms with Crippen LogP contribution >= 0.6 is 0 Å². The maximum atomic E-state index is 12.9. The predicted octanol–water partition coefficient (Wildman–Crippen LogP) is 2.00. The van der Waals surface area contributed by atoms with Gasteiger partial charge < -0.3 is 4.74 Å². The number of esters is 1. The number of fused-ring (bicyclic) bond motifs is 1. The predicted molar refractivity (Wildman–Crippen MR) is 97.9 cm³/mol. The van der Waals surface area contributed by atoms with Crippen LogP contribution in [0.15, 0.2) is 36.4 Å². The Morgan fingerprint density at radius 2 is 2.19 bits per heavy atom. The molecule has 0 amide bonds. The van der Waals surface area contributed by atoms with Crippen LogP contribution in [0.1, 0.15) is 25.3 Å². The van der Waals surface area contributed by atoms with Crippen molar-refractivity contribution in [3.8, 4) is 11.8 Å². The van der Waals surface area contributed by atoms with Gasteiger partial charge in [0.2, 0.25) is 0 Å². The van der Waals surface area contributed by atoms with E-state index in [0.717, 1.165) is 0 Å². The van der Waals surface area contributed by atoms with Gasteiger partial charge in [0.15, 0.2) is 12.4 Å². The zero-order valence-electron chi connectivity index (χ0n) is 15.0. The first-order valence-electron chi connectivity index (χ1n) is 8.75. The lowest BCUT2D eigenvalue weighted by Crippen LogP contribution is -2.49. The van der Waals surface area contributed by atoms with Gasteiger partial charge in [-0.15, -0.1) is 0 Å². The monoisotopic (exact) mass is 368 g/mol. The smallest absolute Gasteiger partial charge is 0.303 e. The van der Waals surface area contributed by atoms with Crippen LogP contribution in [0.4, 0.5) is 5.69 Å². The second-order valence-corrected chi connectivity index (χ2v) is 6.62. The maximum Gasteiger partial charge on any atom is 0.303 e. The number of rotatable bonds is 4. The number of ether oxygens (including phenoxy) is 1. The highest BCUT2D eigenvalue weighted by atomic mass is 16.6. The number of carbonyl (C=O) groups excluding carboxylic acids is 2. The zero-order valence-corrected chi connectivity index (χ0v) is 15.0. The van der Waals surface area contributed by atoms with Crippen LogP contribution in [0, 0.1) is 22.0 Å². The molecule has 0 unspecified atom stereocenters. The fourth-order valence-electron chi connectivity index (χ4n) is 4.04. The zero-order chi connectivity index (χ0) is 19.4. The molecule has 1 heterocycles. The first kappa shape index (κ1) is 18.8. The standard InChI is InChI=1S/C20H20N2O5/c1-15(23)27-14-5-4-12-21-13-11-20(18(21)9-6-10-19(20)24)16-7-2-3-8-17(16)22(25)26/h2-3,6-8,10,18H,9,11-14H2,1H3/t18-,20+/m1/s1. The number of hydrogen-bond donors (Lipinski definition) is 0.